The van der Waals surface area contributed by atoms with Crippen LogP contribution in [0.15, 0.2) is 42.6 Å². The molecule has 1 aromatic heterocycles. The van der Waals surface area contributed by atoms with Gasteiger partial charge >= 0.3 is 0 Å². The van der Waals surface area contributed by atoms with Crippen LogP contribution in [-0.2, 0) is 6.42 Å². The van der Waals surface area contributed by atoms with Gasteiger partial charge in [-0.2, -0.15) is 0 Å². The molecule has 1 amide bonds. The van der Waals surface area contributed by atoms with Crippen molar-refractivity contribution >= 4 is 5.91 Å². The fourth-order valence-electron chi connectivity index (χ4n) is 3.14. The summed E-state index contributed by atoms with van der Waals surface area (Å²) in [6, 6.07) is 11.9. The summed E-state index contributed by atoms with van der Waals surface area (Å²) in [5, 5.41) is 3.03. The van der Waals surface area contributed by atoms with Gasteiger partial charge < -0.3 is 10.1 Å². The lowest BCUT2D eigenvalue weighted by Crippen LogP contribution is -2.33. The Morgan fingerprint density at radius 1 is 1.26 bits per heavy atom. The second-order valence-electron chi connectivity index (χ2n) is 6.36. The number of rotatable bonds is 5. The van der Waals surface area contributed by atoms with Crippen LogP contribution in [0.3, 0.4) is 0 Å². The third-order valence-corrected chi connectivity index (χ3v) is 4.81. The molecule has 2 aliphatic rings. The molecule has 0 unspecified atom stereocenters. The van der Waals surface area contributed by atoms with Gasteiger partial charge in [0.05, 0.1) is 0 Å². The van der Waals surface area contributed by atoms with Crippen molar-refractivity contribution in [1.82, 2.24) is 10.3 Å². The minimum atomic E-state index is -0.0600. The lowest BCUT2D eigenvalue weighted by Gasteiger charge is -2.30. The largest absolute Gasteiger partial charge is 0.474 e. The van der Waals surface area contributed by atoms with Gasteiger partial charge in [-0.1, -0.05) is 24.3 Å². The standard InChI is InChI=1S/C19H20N2O2/c22-19(21-12-15-10-13-4-1-2-7-17(13)15)14-8-9-20-18(11-14)23-16-5-3-6-16/h1-2,4,7-9,11,15-16H,3,5-6,10,12H2,(H,21,22)/t15-/m1/s1. The molecule has 4 nitrogen and oxygen atoms in total. The highest BCUT2D eigenvalue weighted by Crippen LogP contribution is 2.34. The van der Waals surface area contributed by atoms with Gasteiger partial charge in [-0.15, -0.1) is 0 Å². The molecule has 1 N–H and O–H groups in total. The molecule has 4 rings (SSSR count). The number of pyridine rings is 1. The first kappa shape index (κ1) is 14.2. The van der Waals surface area contributed by atoms with Gasteiger partial charge in [0.2, 0.25) is 5.88 Å². The van der Waals surface area contributed by atoms with E-state index in [9.17, 15) is 4.79 Å². The van der Waals surface area contributed by atoms with Crippen LogP contribution in [0, 0.1) is 0 Å². The summed E-state index contributed by atoms with van der Waals surface area (Å²) < 4.78 is 5.75. The zero-order valence-corrected chi connectivity index (χ0v) is 13.0. The molecule has 0 bridgehead atoms. The van der Waals surface area contributed by atoms with Crippen molar-refractivity contribution in [3.8, 4) is 5.88 Å². The second kappa shape index (κ2) is 6.03. The zero-order valence-electron chi connectivity index (χ0n) is 13.0. The predicted molar refractivity (Wildman–Crippen MR) is 87.7 cm³/mol. The number of amides is 1. The SMILES string of the molecule is O=C(NC[C@H]1Cc2ccccc21)c1ccnc(OC2CCC2)c1. The number of hydrogen-bond donors (Lipinski definition) is 1. The van der Waals surface area contributed by atoms with E-state index in [-0.39, 0.29) is 12.0 Å². The molecule has 1 heterocycles. The molecule has 2 aromatic rings. The van der Waals surface area contributed by atoms with E-state index >= 15 is 0 Å². The Morgan fingerprint density at radius 2 is 2.13 bits per heavy atom. The number of carbonyl (C=O) groups is 1. The van der Waals surface area contributed by atoms with Crippen LogP contribution in [0.4, 0.5) is 0 Å². The molecule has 4 heteroatoms. The van der Waals surface area contributed by atoms with Crippen molar-refractivity contribution in [2.45, 2.75) is 37.7 Å². The summed E-state index contributed by atoms with van der Waals surface area (Å²) >= 11 is 0. The first-order valence-corrected chi connectivity index (χ1v) is 8.28. The third-order valence-electron chi connectivity index (χ3n) is 4.81. The first-order valence-electron chi connectivity index (χ1n) is 8.28. The highest BCUT2D eigenvalue weighted by molar-refractivity contribution is 5.94. The first-order chi connectivity index (χ1) is 11.3. The van der Waals surface area contributed by atoms with Crippen LogP contribution < -0.4 is 10.1 Å². The minimum absolute atomic E-state index is 0.0600. The number of benzene rings is 1. The van der Waals surface area contributed by atoms with Crippen LogP contribution in [-0.4, -0.2) is 23.5 Å². The highest BCUT2D eigenvalue weighted by Gasteiger charge is 2.25. The van der Waals surface area contributed by atoms with Crippen molar-refractivity contribution in [3.05, 3.63) is 59.3 Å². The topological polar surface area (TPSA) is 51.2 Å². The molecule has 23 heavy (non-hydrogen) atoms. The molecule has 0 saturated heterocycles. The van der Waals surface area contributed by atoms with Crippen molar-refractivity contribution < 1.29 is 9.53 Å². The number of fused-ring (bicyclic) bond motifs is 1. The maximum atomic E-state index is 12.3. The van der Waals surface area contributed by atoms with Crippen LogP contribution in [0.25, 0.3) is 0 Å². The zero-order chi connectivity index (χ0) is 15.6. The summed E-state index contributed by atoms with van der Waals surface area (Å²) in [5.41, 5.74) is 3.37. The summed E-state index contributed by atoms with van der Waals surface area (Å²) in [7, 11) is 0. The van der Waals surface area contributed by atoms with Crippen LogP contribution >= 0.6 is 0 Å². The third kappa shape index (κ3) is 2.93. The number of aromatic nitrogens is 1. The molecule has 0 aliphatic heterocycles. The molecule has 2 aliphatic carbocycles. The normalized spacial score (nSPS) is 19.2. The lowest BCUT2D eigenvalue weighted by atomic mass is 9.77. The van der Waals surface area contributed by atoms with Gasteiger partial charge in [0.25, 0.3) is 5.91 Å². The Labute approximate surface area is 135 Å². The molecule has 1 fully saturated rings. The minimum Gasteiger partial charge on any atom is -0.474 e. The van der Waals surface area contributed by atoms with Gasteiger partial charge in [0.15, 0.2) is 0 Å². The van der Waals surface area contributed by atoms with Gasteiger partial charge in [-0.3, -0.25) is 4.79 Å². The van der Waals surface area contributed by atoms with Gasteiger partial charge in [0.1, 0.15) is 6.10 Å². The Morgan fingerprint density at radius 3 is 2.91 bits per heavy atom. The van der Waals surface area contributed by atoms with Crippen LogP contribution in [0.1, 0.15) is 46.7 Å². The Hall–Kier alpha value is -2.36. The van der Waals surface area contributed by atoms with Gasteiger partial charge in [-0.05, 0) is 42.9 Å². The molecule has 1 atom stereocenters. The number of hydrogen-bond acceptors (Lipinski definition) is 3. The van der Waals surface area contributed by atoms with Crippen molar-refractivity contribution in [3.63, 3.8) is 0 Å². The fraction of sp³-hybridized carbons (Fsp3) is 0.368. The molecule has 1 aromatic carbocycles. The molecule has 118 valence electrons. The van der Waals surface area contributed by atoms with E-state index in [1.54, 1.807) is 18.3 Å². The summed E-state index contributed by atoms with van der Waals surface area (Å²) in [5.74, 6) is 0.925. The van der Waals surface area contributed by atoms with E-state index in [4.69, 9.17) is 4.74 Å². The van der Waals surface area contributed by atoms with E-state index in [0.717, 1.165) is 19.3 Å². The van der Waals surface area contributed by atoms with E-state index in [1.165, 1.54) is 17.5 Å². The van der Waals surface area contributed by atoms with Gasteiger partial charge in [0, 0.05) is 30.3 Å². The average Bonchev–Trinajstić information content (AvgIpc) is 2.52. The predicted octanol–water partition coefficient (Wildman–Crippen LogP) is 3.08. The van der Waals surface area contributed by atoms with E-state index in [1.807, 2.05) is 0 Å². The van der Waals surface area contributed by atoms with Crippen LogP contribution in [0.5, 0.6) is 5.88 Å². The van der Waals surface area contributed by atoms with Gasteiger partial charge in [-0.25, -0.2) is 4.98 Å². The Balaban J connectivity index is 1.35. The summed E-state index contributed by atoms with van der Waals surface area (Å²) in [6.45, 7) is 0.678. The average molecular weight is 308 g/mol. The molecule has 0 radical (unpaired) electrons. The monoisotopic (exact) mass is 308 g/mol. The fourth-order valence-corrected chi connectivity index (χ4v) is 3.14. The number of carbonyl (C=O) groups excluding carboxylic acids is 1. The van der Waals surface area contributed by atoms with Crippen molar-refractivity contribution in [1.29, 1.82) is 0 Å². The van der Waals surface area contributed by atoms with Crippen molar-refractivity contribution in [2.24, 2.45) is 0 Å². The number of nitrogens with one attached hydrogen (secondary N) is 1. The smallest absolute Gasteiger partial charge is 0.251 e. The van der Waals surface area contributed by atoms with Crippen molar-refractivity contribution in [2.75, 3.05) is 6.54 Å². The van der Waals surface area contributed by atoms with E-state index in [2.05, 4.69) is 34.6 Å². The number of nitrogens with zero attached hydrogens (tertiary/aromatic N) is 1. The second-order valence-corrected chi connectivity index (χ2v) is 6.36. The summed E-state index contributed by atoms with van der Waals surface area (Å²) in [6.07, 6.45) is 6.34. The quantitative estimate of drug-likeness (QED) is 0.923. The molecular formula is C19H20N2O2. The summed E-state index contributed by atoms with van der Waals surface area (Å²) in [4.78, 5) is 16.5. The van der Waals surface area contributed by atoms with E-state index in [0.29, 0.717) is 23.9 Å². The molecular weight excluding hydrogens is 288 g/mol. The maximum absolute atomic E-state index is 12.3. The Kier molecular flexibility index (Phi) is 3.74. The van der Waals surface area contributed by atoms with Crippen LogP contribution in [0.2, 0.25) is 0 Å². The Bertz CT molecular complexity index is 725. The maximum Gasteiger partial charge on any atom is 0.251 e. The van der Waals surface area contributed by atoms with E-state index < -0.39 is 0 Å². The molecule has 1 saturated carbocycles. The molecule has 0 spiro atoms. The number of ether oxygens (including phenoxy) is 1. The highest BCUT2D eigenvalue weighted by atomic mass is 16.5. The lowest BCUT2D eigenvalue weighted by molar-refractivity contribution is 0.0945.